The number of amides is 1. The van der Waals surface area contributed by atoms with Gasteiger partial charge in [-0.15, -0.1) is 21.5 Å². The minimum absolute atomic E-state index is 0.170. The third-order valence-corrected chi connectivity index (χ3v) is 4.78. The summed E-state index contributed by atoms with van der Waals surface area (Å²) in [5.74, 6) is 1.55. The molecule has 4 rings (SSSR count). The molecule has 0 bridgehead atoms. The molecule has 0 aliphatic heterocycles. The number of hydrogen-bond donors (Lipinski definition) is 1. The summed E-state index contributed by atoms with van der Waals surface area (Å²) in [7, 11) is 0. The zero-order valence-electron chi connectivity index (χ0n) is 12.1. The van der Waals surface area contributed by atoms with Crippen LogP contribution >= 0.6 is 11.3 Å². The number of nitrogens with one attached hydrogen (secondary N) is 1. The van der Waals surface area contributed by atoms with Crippen LogP contribution in [-0.2, 0) is 6.54 Å². The van der Waals surface area contributed by atoms with E-state index in [0.717, 1.165) is 34.6 Å². The highest BCUT2D eigenvalue weighted by atomic mass is 32.1. The Morgan fingerprint density at radius 3 is 3.09 bits per heavy atom. The lowest BCUT2D eigenvalue weighted by atomic mass is 10.2. The van der Waals surface area contributed by atoms with Crippen molar-refractivity contribution < 1.29 is 4.79 Å². The fraction of sp³-hybridized carbons (Fsp3) is 0.333. The number of aromatic nitrogens is 4. The van der Waals surface area contributed by atoms with Crippen molar-refractivity contribution in [2.24, 2.45) is 0 Å². The number of aryl methyl sites for hydroxylation is 1. The van der Waals surface area contributed by atoms with Gasteiger partial charge in [-0.25, -0.2) is 4.98 Å². The molecule has 1 aliphatic carbocycles. The zero-order valence-corrected chi connectivity index (χ0v) is 12.9. The first-order chi connectivity index (χ1) is 10.7. The van der Waals surface area contributed by atoms with Crippen molar-refractivity contribution in [3.8, 4) is 0 Å². The van der Waals surface area contributed by atoms with Crippen LogP contribution in [0.15, 0.2) is 23.7 Å². The summed E-state index contributed by atoms with van der Waals surface area (Å²) in [6, 6.07) is 4.40. The highest BCUT2D eigenvalue weighted by Gasteiger charge is 2.28. The molecule has 0 spiro atoms. The van der Waals surface area contributed by atoms with E-state index in [-0.39, 0.29) is 5.91 Å². The Kier molecular flexibility index (Phi) is 3.15. The lowest BCUT2D eigenvalue weighted by Gasteiger charge is -2.08. The molecule has 6 nitrogen and oxygen atoms in total. The first-order valence-corrected chi connectivity index (χ1v) is 8.13. The van der Waals surface area contributed by atoms with Gasteiger partial charge in [0, 0.05) is 12.2 Å². The molecule has 3 heterocycles. The number of thiophene rings is 1. The second-order valence-corrected chi connectivity index (χ2v) is 6.36. The Hall–Kier alpha value is -2.28. The van der Waals surface area contributed by atoms with Gasteiger partial charge in [-0.3, -0.25) is 4.79 Å². The monoisotopic (exact) mass is 313 g/mol. The Balaban J connectivity index is 1.54. The Labute approximate surface area is 131 Å². The van der Waals surface area contributed by atoms with Gasteiger partial charge >= 0.3 is 0 Å². The van der Waals surface area contributed by atoms with Crippen LogP contribution < -0.4 is 5.32 Å². The van der Waals surface area contributed by atoms with Crippen LogP contribution in [0, 0.1) is 6.92 Å². The van der Waals surface area contributed by atoms with Crippen molar-refractivity contribution in [2.75, 3.05) is 0 Å². The summed E-state index contributed by atoms with van der Waals surface area (Å²) >= 11 is 1.53. The molecule has 7 heteroatoms. The summed E-state index contributed by atoms with van der Waals surface area (Å²) in [5, 5.41) is 14.2. The predicted molar refractivity (Wildman–Crippen MR) is 83.8 cm³/mol. The van der Waals surface area contributed by atoms with Gasteiger partial charge in [-0.05, 0) is 42.7 Å². The van der Waals surface area contributed by atoms with Crippen molar-refractivity contribution in [3.05, 3.63) is 41.1 Å². The van der Waals surface area contributed by atoms with Crippen LogP contribution in [0.5, 0.6) is 0 Å². The number of fused-ring (bicyclic) bond motifs is 1. The highest BCUT2D eigenvalue weighted by Crippen LogP contribution is 2.36. The second kappa shape index (κ2) is 5.17. The Morgan fingerprint density at radius 1 is 1.41 bits per heavy atom. The van der Waals surface area contributed by atoms with Crippen LogP contribution in [0.1, 0.15) is 41.0 Å². The molecule has 3 aromatic rings. The van der Waals surface area contributed by atoms with E-state index in [0.29, 0.717) is 18.3 Å². The first kappa shape index (κ1) is 13.4. The normalized spacial score (nSPS) is 14.4. The van der Waals surface area contributed by atoms with Gasteiger partial charge in [0.2, 0.25) is 0 Å². The number of nitrogens with zero attached hydrogens (tertiary/aromatic N) is 4. The maximum atomic E-state index is 12.4. The van der Waals surface area contributed by atoms with E-state index < -0.39 is 0 Å². The second-order valence-electron chi connectivity index (χ2n) is 5.45. The van der Waals surface area contributed by atoms with E-state index in [1.54, 1.807) is 6.20 Å². The average Bonchev–Trinajstić information content (AvgIpc) is 3.11. The van der Waals surface area contributed by atoms with Crippen molar-refractivity contribution in [3.63, 3.8) is 0 Å². The summed E-state index contributed by atoms with van der Waals surface area (Å²) in [4.78, 5) is 16.6. The summed E-state index contributed by atoms with van der Waals surface area (Å²) in [6.45, 7) is 2.32. The molecule has 0 saturated heterocycles. The van der Waals surface area contributed by atoms with Crippen molar-refractivity contribution >= 4 is 27.3 Å². The van der Waals surface area contributed by atoms with Gasteiger partial charge in [0.25, 0.3) is 5.91 Å². The smallest absolute Gasteiger partial charge is 0.271 e. The van der Waals surface area contributed by atoms with Crippen LogP contribution in [0.25, 0.3) is 10.1 Å². The molecule has 1 N–H and O–H groups in total. The van der Waals surface area contributed by atoms with Gasteiger partial charge in [0.05, 0.1) is 11.2 Å². The molecular weight excluding hydrogens is 298 g/mol. The molecule has 22 heavy (non-hydrogen) atoms. The zero-order chi connectivity index (χ0) is 15.1. The molecule has 112 valence electrons. The summed E-state index contributed by atoms with van der Waals surface area (Å²) in [5.41, 5.74) is 0.474. The van der Waals surface area contributed by atoms with Gasteiger partial charge in [0.15, 0.2) is 5.82 Å². The fourth-order valence-electron chi connectivity index (χ4n) is 2.64. The largest absolute Gasteiger partial charge is 0.343 e. The minimum atomic E-state index is -0.170. The molecule has 3 aromatic heterocycles. The predicted octanol–water partition coefficient (Wildman–Crippen LogP) is 2.46. The maximum Gasteiger partial charge on any atom is 0.271 e. The lowest BCUT2D eigenvalue weighted by Crippen LogP contribution is -2.25. The van der Waals surface area contributed by atoms with E-state index in [2.05, 4.69) is 25.1 Å². The van der Waals surface area contributed by atoms with E-state index >= 15 is 0 Å². The molecule has 1 fully saturated rings. The molecular formula is C15H15N5OS. The van der Waals surface area contributed by atoms with Gasteiger partial charge in [-0.1, -0.05) is 0 Å². The molecule has 0 atom stereocenters. The van der Waals surface area contributed by atoms with Gasteiger partial charge < -0.3 is 9.88 Å². The van der Waals surface area contributed by atoms with E-state index in [9.17, 15) is 4.79 Å². The van der Waals surface area contributed by atoms with Crippen molar-refractivity contribution in [1.82, 2.24) is 25.1 Å². The third-order valence-electron chi connectivity index (χ3n) is 3.84. The highest BCUT2D eigenvalue weighted by molar-refractivity contribution is 7.17. The van der Waals surface area contributed by atoms with Gasteiger partial charge in [-0.2, -0.15) is 0 Å². The van der Waals surface area contributed by atoms with E-state index in [1.807, 2.05) is 24.4 Å². The Morgan fingerprint density at radius 2 is 2.27 bits per heavy atom. The SMILES string of the molecule is Cc1nnc(CNC(=O)c2nccc3ccsc23)n1C1CC1. The number of carbonyl (C=O) groups is 1. The number of pyridine rings is 1. The fourth-order valence-corrected chi connectivity index (χ4v) is 3.52. The number of rotatable bonds is 4. The summed E-state index contributed by atoms with van der Waals surface area (Å²) in [6.07, 6.45) is 3.99. The van der Waals surface area contributed by atoms with Crippen LogP contribution in [-0.4, -0.2) is 25.7 Å². The van der Waals surface area contributed by atoms with Crippen LogP contribution in [0.4, 0.5) is 0 Å². The van der Waals surface area contributed by atoms with E-state index in [4.69, 9.17) is 0 Å². The van der Waals surface area contributed by atoms with Crippen LogP contribution in [0.2, 0.25) is 0 Å². The van der Waals surface area contributed by atoms with E-state index in [1.165, 1.54) is 11.3 Å². The third kappa shape index (κ3) is 2.27. The Bertz CT molecular complexity index is 849. The van der Waals surface area contributed by atoms with Crippen molar-refractivity contribution in [2.45, 2.75) is 32.4 Å². The molecule has 0 unspecified atom stereocenters. The summed E-state index contributed by atoms with van der Waals surface area (Å²) < 4.78 is 3.04. The molecule has 1 saturated carbocycles. The minimum Gasteiger partial charge on any atom is -0.343 e. The molecule has 1 amide bonds. The first-order valence-electron chi connectivity index (χ1n) is 7.25. The molecule has 1 aliphatic rings. The molecule has 0 radical (unpaired) electrons. The van der Waals surface area contributed by atoms with Crippen molar-refractivity contribution in [1.29, 1.82) is 0 Å². The van der Waals surface area contributed by atoms with Crippen LogP contribution in [0.3, 0.4) is 0 Å². The number of hydrogen-bond acceptors (Lipinski definition) is 5. The standard InChI is InChI=1S/C15H15N5OS/c1-9-18-19-12(20(9)11-2-3-11)8-17-15(21)13-14-10(4-6-16-13)5-7-22-14/h4-7,11H,2-3,8H2,1H3,(H,17,21). The average molecular weight is 313 g/mol. The quantitative estimate of drug-likeness (QED) is 0.803. The lowest BCUT2D eigenvalue weighted by molar-refractivity contribution is 0.0946. The number of carbonyl (C=O) groups excluding carboxylic acids is 1. The maximum absolute atomic E-state index is 12.4. The molecule has 0 aromatic carbocycles. The van der Waals surface area contributed by atoms with Gasteiger partial charge in [0.1, 0.15) is 11.5 Å². The topological polar surface area (TPSA) is 72.7 Å².